The van der Waals surface area contributed by atoms with Crippen LogP contribution in [-0.2, 0) is 0 Å². The SMILES string of the molecule is CC1(C)CCCC1NC(=O)c1cc[nH]c(=O)c1. The van der Waals surface area contributed by atoms with Crippen LogP contribution < -0.4 is 10.9 Å². The van der Waals surface area contributed by atoms with E-state index in [1.54, 1.807) is 6.07 Å². The summed E-state index contributed by atoms with van der Waals surface area (Å²) in [6, 6.07) is 3.16. The first-order valence-corrected chi connectivity index (χ1v) is 5.99. The van der Waals surface area contributed by atoms with E-state index in [-0.39, 0.29) is 22.9 Å². The molecule has 0 aliphatic heterocycles. The summed E-state index contributed by atoms with van der Waals surface area (Å²) in [5.41, 5.74) is 0.330. The number of carbonyl (C=O) groups excluding carboxylic acids is 1. The molecule has 4 nitrogen and oxygen atoms in total. The Hall–Kier alpha value is -1.58. The van der Waals surface area contributed by atoms with Crippen molar-refractivity contribution in [1.29, 1.82) is 0 Å². The number of carbonyl (C=O) groups is 1. The van der Waals surface area contributed by atoms with Gasteiger partial charge in [-0.3, -0.25) is 9.59 Å². The standard InChI is InChI=1S/C13H18N2O2/c1-13(2)6-3-4-10(13)15-12(17)9-5-7-14-11(16)8-9/h5,7-8,10H,3-4,6H2,1-2H3,(H,14,16)(H,15,17). The lowest BCUT2D eigenvalue weighted by molar-refractivity contribution is 0.0910. The van der Waals surface area contributed by atoms with Crippen molar-refractivity contribution in [1.82, 2.24) is 10.3 Å². The van der Waals surface area contributed by atoms with Crippen LogP contribution in [0.3, 0.4) is 0 Å². The molecule has 1 aliphatic carbocycles. The number of amides is 1. The van der Waals surface area contributed by atoms with Gasteiger partial charge in [0.25, 0.3) is 5.91 Å². The third-order valence-electron chi connectivity index (χ3n) is 3.60. The average molecular weight is 234 g/mol. The summed E-state index contributed by atoms with van der Waals surface area (Å²) in [4.78, 5) is 25.6. The molecule has 0 radical (unpaired) electrons. The van der Waals surface area contributed by atoms with Crippen molar-refractivity contribution in [3.05, 3.63) is 34.2 Å². The normalized spacial score (nSPS) is 22.4. The lowest BCUT2D eigenvalue weighted by atomic mass is 9.87. The van der Waals surface area contributed by atoms with E-state index in [1.165, 1.54) is 12.3 Å². The first-order chi connectivity index (χ1) is 7.99. The summed E-state index contributed by atoms with van der Waals surface area (Å²) in [6.45, 7) is 4.34. The summed E-state index contributed by atoms with van der Waals surface area (Å²) in [5.74, 6) is -0.156. The highest BCUT2D eigenvalue weighted by Crippen LogP contribution is 2.37. The fraction of sp³-hybridized carbons (Fsp3) is 0.538. The number of hydrogen-bond donors (Lipinski definition) is 2. The second-order valence-corrected chi connectivity index (χ2v) is 5.35. The third kappa shape index (κ3) is 2.57. The largest absolute Gasteiger partial charge is 0.349 e. The van der Waals surface area contributed by atoms with Gasteiger partial charge in [0, 0.05) is 23.9 Å². The third-order valence-corrected chi connectivity index (χ3v) is 3.60. The minimum absolute atomic E-state index is 0.150. The summed E-state index contributed by atoms with van der Waals surface area (Å²) in [5, 5.41) is 3.02. The summed E-state index contributed by atoms with van der Waals surface area (Å²) in [7, 11) is 0. The Morgan fingerprint density at radius 2 is 2.29 bits per heavy atom. The fourth-order valence-electron chi connectivity index (χ4n) is 2.42. The van der Waals surface area contributed by atoms with Gasteiger partial charge in [0.15, 0.2) is 0 Å². The van der Waals surface area contributed by atoms with Gasteiger partial charge in [0.1, 0.15) is 0 Å². The molecule has 1 atom stereocenters. The lowest BCUT2D eigenvalue weighted by Crippen LogP contribution is -2.41. The summed E-state index contributed by atoms with van der Waals surface area (Å²) in [6.07, 6.45) is 4.79. The molecule has 0 bridgehead atoms. The Bertz CT molecular complexity index is 476. The van der Waals surface area contributed by atoms with Gasteiger partial charge in [-0.1, -0.05) is 20.3 Å². The van der Waals surface area contributed by atoms with Crippen molar-refractivity contribution in [3.63, 3.8) is 0 Å². The van der Waals surface area contributed by atoms with Crippen molar-refractivity contribution < 1.29 is 4.79 Å². The predicted molar refractivity (Wildman–Crippen MR) is 65.9 cm³/mol. The van der Waals surface area contributed by atoms with Gasteiger partial charge in [-0.2, -0.15) is 0 Å². The quantitative estimate of drug-likeness (QED) is 0.818. The van der Waals surface area contributed by atoms with Crippen molar-refractivity contribution in [2.45, 2.75) is 39.2 Å². The average Bonchev–Trinajstić information content (AvgIpc) is 2.58. The highest BCUT2D eigenvalue weighted by molar-refractivity contribution is 5.94. The van der Waals surface area contributed by atoms with Crippen LogP contribution >= 0.6 is 0 Å². The molecular weight excluding hydrogens is 216 g/mol. The molecule has 1 unspecified atom stereocenters. The molecule has 0 spiro atoms. The highest BCUT2D eigenvalue weighted by Gasteiger charge is 2.35. The van der Waals surface area contributed by atoms with Gasteiger partial charge < -0.3 is 10.3 Å². The maximum atomic E-state index is 12.0. The van der Waals surface area contributed by atoms with Crippen molar-refractivity contribution >= 4 is 5.91 Å². The van der Waals surface area contributed by atoms with Gasteiger partial charge in [0.05, 0.1) is 0 Å². The van der Waals surface area contributed by atoms with E-state index in [0.717, 1.165) is 19.3 Å². The Morgan fingerprint density at radius 1 is 1.53 bits per heavy atom. The van der Waals surface area contributed by atoms with Crippen molar-refractivity contribution in [3.8, 4) is 0 Å². The molecule has 2 N–H and O–H groups in total. The zero-order chi connectivity index (χ0) is 12.5. The minimum atomic E-state index is -0.247. The maximum Gasteiger partial charge on any atom is 0.251 e. The number of aromatic nitrogens is 1. The first-order valence-electron chi connectivity index (χ1n) is 5.99. The zero-order valence-electron chi connectivity index (χ0n) is 10.2. The van der Waals surface area contributed by atoms with Crippen LogP contribution in [0.5, 0.6) is 0 Å². The monoisotopic (exact) mass is 234 g/mol. The smallest absolute Gasteiger partial charge is 0.251 e. The maximum absolute atomic E-state index is 12.0. The van der Waals surface area contributed by atoms with Gasteiger partial charge in [-0.05, 0) is 24.3 Å². The second kappa shape index (κ2) is 4.35. The van der Waals surface area contributed by atoms with E-state index >= 15 is 0 Å². The molecule has 4 heteroatoms. The zero-order valence-corrected chi connectivity index (χ0v) is 10.2. The van der Waals surface area contributed by atoms with Crippen LogP contribution in [0.2, 0.25) is 0 Å². The molecule has 1 aliphatic rings. The Morgan fingerprint density at radius 3 is 2.88 bits per heavy atom. The number of aromatic amines is 1. The van der Waals surface area contributed by atoms with Crippen LogP contribution in [-0.4, -0.2) is 16.9 Å². The van der Waals surface area contributed by atoms with Gasteiger partial charge in [0.2, 0.25) is 5.56 Å². The molecule has 1 heterocycles. The Kier molecular flexibility index (Phi) is 3.05. The van der Waals surface area contributed by atoms with Crippen LogP contribution in [0, 0.1) is 5.41 Å². The summed E-state index contributed by atoms with van der Waals surface area (Å²) < 4.78 is 0. The van der Waals surface area contributed by atoms with E-state index in [4.69, 9.17) is 0 Å². The molecule has 1 aromatic rings. The number of hydrogen-bond acceptors (Lipinski definition) is 2. The minimum Gasteiger partial charge on any atom is -0.349 e. The number of rotatable bonds is 2. The van der Waals surface area contributed by atoms with Crippen molar-refractivity contribution in [2.75, 3.05) is 0 Å². The van der Waals surface area contributed by atoms with Gasteiger partial charge in [-0.15, -0.1) is 0 Å². The van der Waals surface area contributed by atoms with Crippen LogP contribution in [0.15, 0.2) is 23.1 Å². The lowest BCUT2D eigenvalue weighted by Gasteiger charge is -2.27. The fourth-order valence-corrected chi connectivity index (χ4v) is 2.42. The summed E-state index contributed by atoms with van der Waals surface area (Å²) >= 11 is 0. The number of nitrogens with one attached hydrogen (secondary N) is 2. The van der Waals surface area contributed by atoms with Gasteiger partial charge in [-0.25, -0.2) is 0 Å². The van der Waals surface area contributed by atoms with E-state index in [2.05, 4.69) is 24.1 Å². The van der Waals surface area contributed by atoms with E-state index < -0.39 is 0 Å². The first kappa shape index (κ1) is 11.9. The molecule has 1 saturated carbocycles. The van der Waals surface area contributed by atoms with E-state index in [9.17, 15) is 9.59 Å². The molecule has 17 heavy (non-hydrogen) atoms. The molecule has 92 valence electrons. The Balaban J connectivity index is 2.10. The molecule has 2 rings (SSSR count). The second-order valence-electron chi connectivity index (χ2n) is 5.35. The molecular formula is C13H18N2O2. The van der Waals surface area contributed by atoms with Crippen LogP contribution in [0.1, 0.15) is 43.5 Å². The topological polar surface area (TPSA) is 62.0 Å². The van der Waals surface area contributed by atoms with E-state index in [1.807, 2.05) is 0 Å². The van der Waals surface area contributed by atoms with Gasteiger partial charge >= 0.3 is 0 Å². The Labute approximate surface area is 100 Å². The van der Waals surface area contributed by atoms with E-state index in [0.29, 0.717) is 5.56 Å². The number of H-pyrrole nitrogens is 1. The predicted octanol–water partition coefficient (Wildman–Crippen LogP) is 1.68. The van der Waals surface area contributed by atoms with Crippen LogP contribution in [0.4, 0.5) is 0 Å². The highest BCUT2D eigenvalue weighted by atomic mass is 16.2. The van der Waals surface area contributed by atoms with Crippen LogP contribution in [0.25, 0.3) is 0 Å². The van der Waals surface area contributed by atoms with Crippen molar-refractivity contribution in [2.24, 2.45) is 5.41 Å². The number of pyridine rings is 1. The molecule has 1 fully saturated rings. The molecule has 0 aromatic carbocycles. The molecule has 0 saturated heterocycles. The molecule has 1 amide bonds. The molecule has 1 aromatic heterocycles.